The molecule has 2 amide bonds. The van der Waals surface area contributed by atoms with Gasteiger partial charge in [0.1, 0.15) is 23.3 Å². The average Bonchev–Trinajstić information content (AvgIpc) is 3.24. The second kappa shape index (κ2) is 10.5. The molecule has 2 N–H and O–H groups in total. The summed E-state index contributed by atoms with van der Waals surface area (Å²) in [6, 6.07) is 12.0. The molecule has 2 aromatic carbocycles. The Kier molecular flexibility index (Phi) is 7.05. The van der Waals surface area contributed by atoms with Gasteiger partial charge in [0.05, 0.1) is 24.7 Å². The molecule has 0 radical (unpaired) electrons. The number of allylic oxidation sites excluding steroid dienone is 1. The van der Waals surface area contributed by atoms with Crippen LogP contribution >= 0.6 is 0 Å². The zero-order valence-corrected chi connectivity index (χ0v) is 21.4. The Labute approximate surface area is 223 Å². The van der Waals surface area contributed by atoms with Crippen molar-refractivity contribution in [2.45, 2.75) is 51.7 Å². The van der Waals surface area contributed by atoms with E-state index >= 15 is 0 Å². The zero-order chi connectivity index (χ0) is 27.8. The third kappa shape index (κ3) is 4.83. The molecule has 202 valence electrons. The second-order valence-corrected chi connectivity index (χ2v) is 9.62. The summed E-state index contributed by atoms with van der Waals surface area (Å²) < 4.78 is 35.0. The van der Waals surface area contributed by atoms with Crippen LogP contribution in [0.15, 0.2) is 71.2 Å². The second-order valence-electron chi connectivity index (χ2n) is 9.62. The van der Waals surface area contributed by atoms with Crippen molar-refractivity contribution >= 4 is 11.8 Å². The standard InChI is InChI=1S/C29H27F2N3O5/c1-3-16(2)28-25(17-7-5-4-6-8-17)34-23(35)12-22-27(37)26(36)20(14-33(22)15-24(34)39-28)29(38)32-13-18-9-10-19(30)11-21(18)31/h3-11,14,24-25,28,37H,12-13,15H2,1-2H3,(H,32,38)/b16-3+/t24?,25-,28+/m1/s1. The highest BCUT2D eigenvalue weighted by Gasteiger charge is 2.47. The van der Waals surface area contributed by atoms with Crippen molar-refractivity contribution < 1.29 is 28.2 Å². The molecule has 0 saturated carbocycles. The number of carbonyl (C=O) groups excluding carboxylic acids is 2. The number of nitrogens with one attached hydrogen (secondary N) is 1. The number of amides is 2. The number of carbonyl (C=O) groups is 2. The first-order valence-electron chi connectivity index (χ1n) is 12.5. The molecule has 3 atom stereocenters. The molecular formula is C29H27F2N3O5. The summed E-state index contributed by atoms with van der Waals surface area (Å²) in [4.78, 5) is 41.0. The Balaban J connectivity index is 1.47. The van der Waals surface area contributed by atoms with Gasteiger partial charge in [-0.1, -0.05) is 42.5 Å². The van der Waals surface area contributed by atoms with E-state index in [1.807, 2.05) is 50.3 Å². The third-order valence-corrected chi connectivity index (χ3v) is 7.27. The first-order valence-corrected chi connectivity index (χ1v) is 12.5. The Bertz CT molecular complexity index is 1540. The van der Waals surface area contributed by atoms with E-state index in [2.05, 4.69) is 5.32 Å². The van der Waals surface area contributed by atoms with Crippen molar-refractivity contribution in [1.82, 2.24) is 14.8 Å². The summed E-state index contributed by atoms with van der Waals surface area (Å²) >= 11 is 0. The van der Waals surface area contributed by atoms with E-state index in [0.717, 1.165) is 17.2 Å². The highest BCUT2D eigenvalue weighted by atomic mass is 19.1. The fourth-order valence-corrected chi connectivity index (χ4v) is 5.12. The lowest BCUT2D eigenvalue weighted by Gasteiger charge is -2.28. The summed E-state index contributed by atoms with van der Waals surface area (Å²) in [5.74, 6) is -3.48. The van der Waals surface area contributed by atoms with Gasteiger partial charge in [0.2, 0.25) is 11.3 Å². The number of hydrogen-bond acceptors (Lipinski definition) is 5. The topological polar surface area (TPSA) is 101 Å². The van der Waals surface area contributed by atoms with Gasteiger partial charge in [0.25, 0.3) is 5.91 Å². The van der Waals surface area contributed by atoms with Gasteiger partial charge >= 0.3 is 0 Å². The van der Waals surface area contributed by atoms with Gasteiger partial charge in [-0.05, 0) is 31.1 Å². The molecular weight excluding hydrogens is 508 g/mol. The molecule has 5 rings (SSSR count). The average molecular weight is 536 g/mol. The molecule has 1 fully saturated rings. The van der Waals surface area contributed by atoms with E-state index in [4.69, 9.17) is 4.74 Å². The number of benzene rings is 2. The molecule has 0 aliphatic carbocycles. The van der Waals surface area contributed by atoms with Crippen LogP contribution in [0.4, 0.5) is 8.78 Å². The van der Waals surface area contributed by atoms with E-state index in [9.17, 15) is 28.3 Å². The lowest BCUT2D eigenvalue weighted by atomic mass is 9.95. The zero-order valence-electron chi connectivity index (χ0n) is 21.4. The van der Waals surface area contributed by atoms with Gasteiger partial charge in [0, 0.05) is 24.4 Å². The highest BCUT2D eigenvalue weighted by Crippen LogP contribution is 2.41. The van der Waals surface area contributed by atoms with Gasteiger partial charge in [0.15, 0.2) is 12.0 Å². The van der Waals surface area contributed by atoms with Crippen LogP contribution in [0.5, 0.6) is 5.75 Å². The minimum Gasteiger partial charge on any atom is -0.503 e. The minimum absolute atomic E-state index is 0.0294. The van der Waals surface area contributed by atoms with Crippen molar-refractivity contribution in [2.24, 2.45) is 0 Å². The summed E-state index contributed by atoms with van der Waals surface area (Å²) in [5.41, 5.74) is 0.616. The number of halogens is 2. The summed E-state index contributed by atoms with van der Waals surface area (Å²) in [5, 5.41) is 13.2. The molecule has 3 aromatic rings. The molecule has 1 saturated heterocycles. The van der Waals surface area contributed by atoms with Crippen LogP contribution in [0, 0.1) is 11.6 Å². The van der Waals surface area contributed by atoms with Crippen molar-refractivity contribution in [3.63, 3.8) is 0 Å². The van der Waals surface area contributed by atoms with Crippen LogP contribution in [0.2, 0.25) is 0 Å². The smallest absolute Gasteiger partial charge is 0.257 e. The fourth-order valence-electron chi connectivity index (χ4n) is 5.12. The molecule has 0 bridgehead atoms. The van der Waals surface area contributed by atoms with E-state index in [-0.39, 0.29) is 42.2 Å². The van der Waals surface area contributed by atoms with Crippen LogP contribution in [0.1, 0.15) is 47.1 Å². The van der Waals surface area contributed by atoms with E-state index in [0.29, 0.717) is 6.07 Å². The lowest BCUT2D eigenvalue weighted by Crippen LogP contribution is -2.39. The third-order valence-electron chi connectivity index (χ3n) is 7.27. The molecule has 8 nitrogen and oxygen atoms in total. The molecule has 39 heavy (non-hydrogen) atoms. The number of aromatic nitrogens is 1. The van der Waals surface area contributed by atoms with Crippen LogP contribution < -0.4 is 10.7 Å². The van der Waals surface area contributed by atoms with Crippen LogP contribution in [-0.4, -0.2) is 38.7 Å². The Morgan fingerprint density at radius 1 is 1.18 bits per heavy atom. The van der Waals surface area contributed by atoms with Crippen molar-refractivity contribution in [3.05, 3.63) is 111 Å². The number of aromatic hydroxyl groups is 1. The Morgan fingerprint density at radius 3 is 2.62 bits per heavy atom. The van der Waals surface area contributed by atoms with Crippen LogP contribution in [-0.2, 0) is 29.0 Å². The SMILES string of the molecule is C/C=C(\C)[C@@H]1OC2Cn3cc(C(=O)NCc4ccc(F)cc4F)c(=O)c(O)c3CC(=O)N2[C@@H]1c1ccccc1. The number of fused-ring (bicyclic) bond motifs is 2. The van der Waals surface area contributed by atoms with Crippen LogP contribution in [0.3, 0.4) is 0 Å². The summed E-state index contributed by atoms with van der Waals surface area (Å²) in [6.07, 6.45) is 1.81. The Hall–Kier alpha value is -4.31. The molecule has 0 spiro atoms. The monoisotopic (exact) mass is 535 g/mol. The number of hydrogen-bond donors (Lipinski definition) is 2. The predicted octanol–water partition coefficient (Wildman–Crippen LogP) is 3.58. The van der Waals surface area contributed by atoms with Gasteiger partial charge in [-0.25, -0.2) is 8.78 Å². The van der Waals surface area contributed by atoms with Crippen molar-refractivity contribution in [1.29, 1.82) is 0 Å². The van der Waals surface area contributed by atoms with Crippen molar-refractivity contribution in [2.75, 3.05) is 0 Å². The maximum atomic E-state index is 14.0. The Morgan fingerprint density at radius 2 is 1.92 bits per heavy atom. The normalized spacial score (nSPS) is 20.8. The molecule has 1 unspecified atom stereocenters. The number of pyridine rings is 1. The summed E-state index contributed by atoms with van der Waals surface area (Å²) in [7, 11) is 0. The van der Waals surface area contributed by atoms with E-state index in [1.165, 1.54) is 16.8 Å². The minimum atomic E-state index is -0.948. The summed E-state index contributed by atoms with van der Waals surface area (Å²) in [6.45, 7) is 3.60. The first-order chi connectivity index (χ1) is 18.7. The molecule has 10 heteroatoms. The highest BCUT2D eigenvalue weighted by molar-refractivity contribution is 5.94. The molecule has 2 aliphatic rings. The maximum absolute atomic E-state index is 14.0. The van der Waals surface area contributed by atoms with Crippen molar-refractivity contribution in [3.8, 4) is 5.75 Å². The number of ether oxygens (including phenoxy) is 1. The maximum Gasteiger partial charge on any atom is 0.257 e. The largest absolute Gasteiger partial charge is 0.503 e. The molecule has 2 aliphatic heterocycles. The van der Waals surface area contributed by atoms with E-state index < -0.39 is 47.1 Å². The fraction of sp³-hybridized carbons (Fsp3) is 0.276. The van der Waals surface area contributed by atoms with Crippen LogP contribution in [0.25, 0.3) is 0 Å². The van der Waals surface area contributed by atoms with E-state index in [1.54, 1.807) is 4.90 Å². The lowest BCUT2D eigenvalue weighted by molar-refractivity contribution is -0.136. The first kappa shape index (κ1) is 26.3. The van der Waals surface area contributed by atoms with Gasteiger partial charge in [-0.15, -0.1) is 0 Å². The van der Waals surface area contributed by atoms with Gasteiger partial charge in [-0.3, -0.25) is 14.4 Å². The quantitative estimate of drug-likeness (QED) is 0.487. The van der Waals surface area contributed by atoms with Gasteiger partial charge < -0.3 is 24.6 Å². The molecule has 3 heterocycles. The number of rotatable bonds is 5. The van der Waals surface area contributed by atoms with Gasteiger partial charge in [-0.2, -0.15) is 0 Å². The number of nitrogens with zero attached hydrogens (tertiary/aromatic N) is 2. The molecule has 1 aromatic heterocycles. The predicted molar refractivity (Wildman–Crippen MR) is 138 cm³/mol.